The number of fused-ring (bicyclic) bond motifs is 1. The lowest BCUT2D eigenvalue weighted by Crippen LogP contribution is -2.41. The third-order valence-electron chi connectivity index (χ3n) is 5.43. The second-order valence-corrected chi connectivity index (χ2v) is 7.41. The summed E-state index contributed by atoms with van der Waals surface area (Å²) in [5, 5.41) is 12.1. The first kappa shape index (κ1) is 16.9. The molecule has 26 heavy (non-hydrogen) atoms. The Morgan fingerprint density at radius 1 is 0.808 bits per heavy atom. The molecule has 132 valence electrons. The minimum absolute atomic E-state index is 0.166. The lowest BCUT2D eigenvalue weighted by Gasteiger charge is -2.42. The van der Waals surface area contributed by atoms with E-state index in [4.69, 9.17) is 4.74 Å². The van der Waals surface area contributed by atoms with E-state index in [1.807, 2.05) is 37.3 Å². The summed E-state index contributed by atoms with van der Waals surface area (Å²) in [4.78, 5) is 0. The molecule has 3 aromatic rings. The number of hydrogen-bond donors (Lipinski definition) is 1. The molecule has 1 N–H and O–H groups in total. The van der Waals surface area contributed by atoms with Gasteiger partial charge in [0, 0.05) is 5.56 Å². The summed E-state index contributed by atoms with van der Waals surface area (Å²) in [5.41, 5.74) is 5.23. The van der Waals surface area contributed by atoms with Crippen LogP contribution in [-0.4, -0.2) is 11.7 Å². The van der Waals surface area contributed by atoms with Gasteiger partial charge in [-0.2, -0.15) is 0 Å². The first-order valence-electron chi connectivity index (χ1n) is 9.08. The molecule has 1 aliphatic heterocycles. The summed E-state index contributed by atoms with van der Waals surface area (Å²) in [6.07, 6.45) is 0. The quantitative estimate of drug-likeness (QED) is 0.707. The van der Waals surface area contributed by atoms with Crippen molar-refractivity contribution >= 4 is 0 Å². The van der Waals surface area contributed by atoms with Gasteiger partial charge in [-0.15, -0.1) is 0 Å². The molecule has 2 atom stereocenters. The summed E-state index contributed by atoms with van der Waals surface area (Å²) in [5.74, 6) is 0.609. The Balaban J connectivity index is 1.92. The highest BCUT2D eigenvalue weighted by Crippen LogP contribution is 2.49. The van der Waals surface area contributed by atoms with Crippen LogP contribution in [0.1, 0.15) is 39.3 Å². The van der Waals surface area contributed by atoms with Crippen molar-refractivity contribution in [2.75, 3.05) is 6.61 Å². The molecule has 3 aromatic carbocycles. The van der Waals surface area contributed by atoms with E-state index in [0.717, 1.165) is 28.0 Å². The first-order chi connectivity index (χ1) is 12.5. The number of benzene rings is 3. The van der Waals surface area contributed by atoms with E-state index in [2.05, 4.69) is 50.2 Å². The van der Waals surface area contributed by atoms with Crippen molar-refractivity contribution in [3.05, 3.63) is 100 Å². The van der Waals surface area contributed by atoms with Gasteiger partial charge in [-0.1, -0.05) is 71.8 Å². The van der Waals surface area contributed by atoms with Crippen molar-refractivity contribution in [1.82, 2.24) is 0 Å². The van der Waals surface area contributed by atoms with Gasteiger partial charge in [0.2, 0.25) is 0 Å². The zero-order valence-electron chi connectivity index (χ0n) is 15.5. The van der Waals surface area contributed by atoms with Crippen LogP contribution in [0.4, 0.5) is 0 Å². The second kappa shape index (κ2) is 6.30. The number of aliphatic hydroxyl groups is 1. The standard InChI is InChI=1S/C24H24O2/c1-16-4-9-19(10-5-16)22-15-26-23-14-18(3)8-13-21(23)24(22,25)20-11-6-17(2)7-12-20/h4-14,22,25H,15H2,1-3H3. The SMILES string of the molecule is Cc1ccc(C2COc3cc(C)ccc3C2(O)c2ccc(C)cc2)cc1. The van der Waals surface area contributed by atoms with Crippen molar-refractivity contribution in [3.8, 4) is 5.75 Å². The first-order valence-corrected chi connectivity index (χ1v) is 9.08. The fraction of sp³-hybridized carbons (Fsp3) is 0.250. The lowest BCUT2D eigenvalue weighted by atomic mass is 9.71. The number of hydrogen-bond acceptors (Lipinski definition) is 2. The highest BCUT2D eigenvalue weighted by molar-refractivity contribution is 5.52. The molecule has 0 amide bonds. The zero-order valence-corrected chi connectivity index (χ0v) is 15.5. The second-order valence-electron chi connectivity index (χ2n) is 7.41. The van der Waals surface area contributed by atoms with Crippen LogP contribution < -0.4 is 4.74 Å². The average molecular weight is 344 g/mol. The Morgan fingerprint density at radius 2 is 1.38 bits per heavy atom. The third kappa shape index (κ3) is 2.71. The molecule has 0 saturated heterocycles. The van der Waals surface area contributed by atoms with Crippen molar-refractivity contribution in [3.63, 3.8) is 0 Å². The average Bonchev–Trinajstić information content (AvgIpc) is 2.63. The third-order valence-corrected chi connectivity index (χ3v) is 5.43. The molecule has 0 spiro atoms. The minimum atomic E-state index is -1.12. The largest absolute Gasteiger partial charge is 0.492 e. The van der Waals surface area contributed by atoms with Crippen LogP contribution in [0.15, 0.2) is 66.7 Å². The van der Waals surface area contributed by atoms with E-state index in [-0.39, 0.29) is 5.92 Å². The Labute approximate surface area is 155 Å². The molecule has 0 fully saturated rings. The van der Waals surface area contributed by atoms with Crippen molar-refractivity contribution < 1.29 is 9.84 Å². The van der Waals surface area contributed by atoms with Crippen LogP contribution in [0.5, 0.6) is 5.75 Å². The predicted molar refractivity (Wildman–Crippen MR) is 105 cm³/mol. The summed E-state index contributed by atoms with van der Waals surface area (Å²) in [6, 6.07) is 22.6. The van der Waals surface area contributed by atoms with Crippen molar-refractivity contribution in [2.45, 2.75) is 32.3 Å². The molecule has 0 saturated carbocycles. The topological polar surface area (TPSA) is 29.5 Å². The molecule has 4 rings (SSSR count). The van der Waals surface area contributed by atoms with E-state index >= 15 is 0 Å². The summed E-state index contributed by atoms with van der Waals surface area (Å²) in [6.45, 7) is 6.63. The van der Waals surface area contributed by atoms with Gasteiger partial charge in [-0.05, 0) is 43.5 Å². The van der Waals surface area contributed by atoms with Crippen LogP contribution in [0.2, 0.25) is 0 Å². The monoisotopic (exact) mass is 344 g/mol. The summed E-state index contributed by atoms with van der Waals surface area (Å²) < 4.78 is 6.08. The van der Waals surface area contributed by atoms with Gasteiger partial charge in [-0.25, -0.2) is 0 Å². The van der Waals surface area contributed by atoms with Gasteiger partial charge in [0.25, 0.3) is 0 Å². The number of aryl methyl sites for hydroxylation is 3. The van der Waals surface area contributed by atoms with E-state index in [1.54, 1.807) is 0 Å². The molecular weight excluding hydrogens is 320 g/mol. The normalized spacial score (nSPS) is 21.8. The Kier molecular flexibility index (Phi) is 4.08. The van der Waals surface area contributed by atoms with E-state index in [1.165, 1.54) is 11.1 Å². The minimum Gasteiger partial charge on any atom is -0.492 e. The fourth-order valence-electron chi connectivity index (χ4n) is 3.85. The van der Waals surface area contributed by atoms with Crippen LogP contribution in [0, 0.1) is 20.8 Å². The zero-order chi connectivity index (χ0) is 18.3. The molecular formula is C24H24O2. The molecule has 2 nitrogen and oxygen atoms in total. The Hall–Kier alpha value is -2.58. The van der Waals surface area contributed by atoms with Crippen molar-refractivity contribution in [2.24, 2.45) is 0 Å². The highest BCUT2D eigenvalue weighted by atomic mass is 16.5. The molecule has 0 radical (unpaired) electrons. The molecule has 2 unspecified atom stereocenters. The van der Waals surface area contributed by atoms with E-state index < -0.39 is 5.60 Å². The van der Waals surface area contributed by atoms with Gasteiger partial charge >= 0.3 is 0 Å². The van der Waals surface area contributed by atoms with Crippen LogP contribution >= 0.6 is 0 Å². The maximum atomic E-state index is 12.1. The number of ether oxygens (including phenoxy) is 1. The number of rotatable bonds is 2. The predicted octanol–water partition coefficient (Wildman–Crippen LogP) is 5.02. The molecule has 0 aliphatic carbocycles. The molecule has 1 heterocycles. The van der Waals surface area contributed by atoms with Gasteiger partial charge in [-0.3, -0.25) is 0 Å². The Morgan fingerprint density at radius 3 is 2.04 bits per heavy atom. The van der Waals surface area contributed by atoms with E-state index in [9.17, 15) is 5.11 Å². The van der Waals surface area contributed by atoms with Gasteiger partial charge in [0.1, 0.15) is 11.4 Å². The van der Waals surface area contributed by atoms with Gasteiger partial charge in [0.05, 0.1) is 12.5 Å². The lowest BCUT2D eigenvalue weighted by molar-refractivity contribution is 0.0106. The maximum absolute atomic E-state index is 12.1. The molecule has 0 bridgehead atoms. The van der Waals surface area contributed by atoms with Crippen molar-refractivity contribution in [1.29, 1.82) is 0 Å². The smallest absolute Gasteiger partial charge is 0.128 e. The molecule has 1 aliphatic rings. The Bertz CT molecular complexity index is 925. The van der Waals surface area contributed by atoms with Crippen LogP contribution in [0.3, 0.4) is 0 Å². The fourth-order valence-corrected chi connectivity index (χ4v) is 3.85. The van der Waals surface area contributed by atoms with Crippen LogP contribution in [-0.2, 0) is 5.60 Å². The molecule has 2 heteroatoms. The highest BCUT2D eigenvalue weighted by Gasteiger charge is 2.46. The van der Waals surface area contributed by atoms with Gasteiger partial charge < -0.3 is 9.84 Å². The van der Waals surface area contributed by atoms with Crippen LogP contribution in [0.25, 0.3) is 0 Å². The maximum Gasteiger partial charge on any atom is 0.128 e. The van der Waals surface area contributed by atoms with E-state index in [0.29, 0.717) is 6.61 Å². The van der Waals surface area contributed by atoms with Gasteiger partial charge in [0.15, 0.2) is 0 Å². The summed E-state index contributed by atoms with van der Waals surface area (Å²) >= 11 is 0. The molecule has 0 aromatic heterocycles. The summed E-state index contributed by atoms with van der Waals surface area (Å²) in [7, 11) is 0.